The molecule has 0 unspecified atom stereocenters. The van der Waals surface area contributed by atoms with E-state index in [4.69, 9.17) is 11.5 Å². The van der Waals surface area contributed by atoms with Crippen molar-refractivity contribution in [2.24, 2.45) is 16.5 Å². The van der Waals surface area contributed by atoms with Crippen molar-refractivity contribution in [2.75, 3.05) is 6.54 Å². The lowest BCUT2D eigenvalue weighted by atomic mass is 10.5. The van der Waals surface area contributed by atoms with Gasteiger partial charge in [0.05, 0.1) is 5.70 Å². The van der Waals surface area contributed by atoms with E-state index in [9.17, 15) is 0 Å². The summed E-state index contributed by atoms with van der Waals surface area (Å²) in [6, 6.07) is 0. The highest BCUT2D eigenvalue weighted by atomic mass is 14.7. The number of aliphatic imine (C=N–C) groups is 1. The molecule has 0 fully saturated rings. The lowest BCUT2D eigenvalue weighted by molar-refractivity contribution is 1.14. The molecule has 0 aromatic rings. The lowest BCUT2D eigenvalue weighted by Crippen LogP contribution is -2.01. The third-order valence-corrected chi connectivity index (χ3v) is 0.615. The molecule has 0 aliphatic rings. The van der Waals surface area contributed by atoms with Crippen LogP contribution in [0.5, 0.6) is 0 Å². The van der Waals surface area contributed by atoms with Crippen molar-refractivity contribution in [3.8, 4) is 0 Å². The molecule has 8 heavy (non-hydrogen) atoms. The van der Waals surface area contributed by atoms with Crippen LogP contribution >= 0.6 is 0 Å². The van der Waals surface area contributed by atoms with Crippen molar-refractivity contribution in [3.05, 3.63) is 11.9 Å². The molecule has 0 aliphatic carbocycles. The van der Waals surface area contributed by atoms with Crippen LogP contribution in [-0.4, -0.2) is 12.8 Å². The zero-order valence-corrected chi connectivity index (χ0v) is 4.96. The van der Waals surface area contributed by atoms with Crippen molar-refractivity contribution in [2.45, 2.75) is 6.92 Å². The van der Waals surface area contributed by atoms with Crippen LogP contribution in [0.3, 0.4) is 0 Å². The molecule has 0 heterocycles. The molecular weight excluding hydrogens is 102 g/mol. The SMILES string of the molecule is CCN=C/C(N)=C\N. The fourth-order valence-corrected chi connectivity index (χ4v) is 0.240. The molecule has 0 atom stereocenters. The number of rotatable bonds is 2. The van der Waals surface area contributed by atoms with E-state index >= 15 is 0 Å². The second-order valence-corrected chi connectivity index (χ2v) is 1.29. The van der Waals surface area contributed by atoms with Crippen LogP contribution in [0.2, 0.25) is 0 Å². The van der Waals surface area contributed by atoms with Crippen LogP contribution in [0, 0.1) is 0 Å². The quantitative estimate of drug-likeness (QED) is 0.488. The Morgan fingerprint density at radius 3 is 2.75 bits per heavy atom. The van der Waals surface area contributed by atoms with Crippen LogP contribution in [0.1, 0.15) is 6.92 Å². The van der Waals surface area contributed by atoms with Gasteiger partial charge in [-0.3, -0.25) is 4.99 Å². The number of hydrogen-bond donors (Lipinski definition) is 2. The summed E-state index contributed by atoms with van der Waals surface area (Å²) in [5.74, 6) is 0. The molecule has 3 nitrogen and oxygen atoms in total. The second kappa shape index (κ2) is 4.18. The second-order valence-electron chi connectivity index (χ2n) is 1.29. The van der Waals surface area contributed by atoms with Crippen molar-refractivity contribution >= 4 is 6.21 Å². The molecule has 0 aromatic carbocycles. The molecule has 46 valence electrons. The first-order chi connectivity index (χ1) is 3.81. The minimum atomic E-state index is 0.506. The van der Waals surface area contributed by atoms with Gasteiger partial charge in [-0.1, -0.05) is 0 Å². The number of nitrogens with two attached hydrogens (primary N) is 2. The number of hydrogen-bond acceptors (Lipinski definition) is 3. The summed E-state index contributed by atoms with van der Waals surface area (Å²) in [4.78, 5) is 3.84. The third-order valence-electron chi connectivity index (χ3n) is 0.615. The maximum atomic E-state index is 5.25. The molecule has 0 amide bonds. The van der Waals surface area contributed by atoms with Gasteiger partial charge in [0.1, 0.15) is 0 Å². The first-order valence-corrected chi connectivity index (χ1v) is 2.48. The molecular formula is C5H11N3. The molecule has 0 saturated heterocycles. The highest BCUT2D eigenvalue weighted by molar-refractivity contribution is 5.76. The normalized spacial score (nSPS) is 12.9. The Balaban J connectivity index is 3.53. The van der Waals surface area contributed by atoms with Crippen LogP contribution in [0.4, 0.5) is 0 Å². The van der Waals surface area contributed by atoms with Gasteiger partial charge in [0.15, 0.2) is 0 Å². The van der Waals surface area contributed by atoms with Gasteiger partial charge in [-0.15, -0.1) is 0 Å². The van der Waals surface area contributed by atoms with Crippen molar-refractivity contribution in [1.29, 1.82) is 0 Å². The fourth-order valence-electron chi connectivity index (χ4n) is 0.240. The largest absolute Gasteiger partial charge is 0.403 e. The lowest BCUT2D eigenvalue weighted by Gasteiger charge is -1.84. The monoisotopic (exact) mass is 113 g/mol. The van der Waals surface area contributed by atoms with Gasteiger partial charge in [-0.2, -0.15) is 0 Å². The Hall–Kier alpha value is -0.990. The van der Waals surface area contributed by atoms with Crippen molar-refractivity contribution < 1.29 is 0 Å². The van der Waals surface area contributed by atoms with Gasteiger partial charge in [-0.25, -0.2) is 0 Å². The van der Waals surface area contributed by atoms with E-state index in [-0.39, 0.29) is 0 Å². The molecule has 0 aliphatic heterocycles. The molecule has 0 radical (unpaired) electrons. The van der Waals surface area contributed by atoms with E-state index in [0.717, 1.165) is 6.54 Å². The van der Waals surface area contributed by atoms with E-state index in [0.29, 0.717) is 5.70 Å². The van der Waals surface area contributed by atoms with E-state index in [1.807, 2.05) is 6.92 Å². The Labute approximate surface area is 49.1 Å². The minimum Gasteiger partial charge on any atom is -0.403 e. The van der Waals surface area contributed by atoms with E-state index in [2.05, 4.69) is 4.99 Å². The molecule has 0 rings (SSSR count). The van der Waals surface area contributed by atoms with E-state index in [1.54, 1.807) is 6.21 Å². The Morgan fingerprint density at radius 1 is 1.75 bits per heavy atom. The zero-order chi connectivity index (χ0) is 6.41. The van der Waals surface area contributed by atoms with Crippen LogP contribution < -0.4 is 11.5 Å². The smallest absolute Gasteiger partial charge is 0.0652 e. The van der Waals surface area contributed by atoms with Crippen LogP contribution in [0.15, 0.2) is 16.9 Å². The predicted molar refractivity (Wildman–Crippen MR) is 35.5 cm³/mol. The van der Waals surface area contributed by atoms with Gasteiger partial charge in [-0.05, 0) is 6.92 Å². The van der Waals surface area contributed by atoms with Gasteiger partial charge in [0, 0.05) is 19.0 Å². The standard InChI is InChI=1S/C5H11N3/c1-2-8-4-5(7)3-6/h3-4H,2,6-7H2,1H3/b5-3+,8-4?. The van der Waals surface area contributed by atoms with Gasteiger partial charge < -0.3 is 11.5 Å². The zero-order valence-electron chi connectivity index (χ0n) is 4.96. The molecule has 0 aromatic heterocycles. The van der Waals surface area contributed by atoms with Gasteiger partial charge >= 0.3 is 0 Å². The van der Waals surface area contributed by atoms with Crippen molar-refractivity contribution in [3.63, 3.8) is 0 Å². The summed E-state index contributed by atoms with van der Waals surface area (Å²) in [5.41, 5.74) is 10.8. The highest BCUT2D eigenvalue weighted by Gasteiger charge is 1.74. The predicted octanol–water partition coefficient (Wildman–Crippen LogP) is -0.164. The van der Waals surface area contributed by atoms with E-state index < -0.39 is 0 Å². The maximum absolute atomic E-state index is 5.25. The van der Waals surface area contributed by atoms with Crippen LogP contribution in [0.25, 0.3) is 0 Å². The summed E-state index contributed by atoms with van der Waals surface area (Å²) < 4.78 is 0. The topological polar surface area (TPSA) is 64.4 Å². The summed E-state index contributed by atoms with van der Waals surface area (Å²) >= 11 is 0. The summed E-state index contributed by atoms with van der Waals surface area (Å²) in [6.45, 7) is 2.68. The Kier molecular flexibility index (Phi) is 3.66. The average Bonchev–Trinajstić information content (AvgIpc) is 1.83. The maximum Gasteiger partial charge on any atom is 0.0652 e. The molecule has 3 heteroatoms. The number of nitrogens with zero attached hydrogens (tertiary/aromatic N) is 1. The molecule has 4 N–H and O–H groups in total. The summed E-state index contributed by atoms with van der Waals surface area (Å²) in [6.07, 6.45) is 2.86. The third kappa shape index (κ3) is 3.21. The highest BCUT2D eigenvalue weighted by Crippen LogP contribution is 1.71. The summed E-state index contributed by atoms with van der Waals surface area (Å²) in [7, 11) is 0. The Morgan fingerprint density at radius 2 is 2.38 bits per heavy atom. The molecule has 0 saturated carbocycles. The fraction of sp³-hybridized carbons (Fsp3) is 0.400. The number of allylic oxidation sites excluding steroid dienone is 1. The first kappa shape index (κ1) is 7.01. The molecule has 0 spiro atoms. The summed E-state index contributed by atoms with van der Waals surface area (Å²) in [5, 5.41) is 0. The Bertz CT molecular complexity index is 104. The van der Waals surface area contributed by atoms with Gasteiger partial charge in [0.2, 0.25) is 0 Å². The molecule has 0 bridgehead atoms. The van der Waals surface area contributed by atoms with Crippen molar-refractivity contribution in [1.82, 2.24) is 0 Å². The van der Waals surface area contributed by atoms with Crippen LogP contribution in [-0.2, 0) is 0 Å². The minimum absolute atomic E-state index is 0.506. The van der Waals surface area contributed by atoms with Gasteiger partial charge in [0.25, 0.3) is 0 Å². The average molecular weight is 113 g/mol. The first-order valence-electron chi connectivity index (χ1n) is 2.48. The van der Waals surface area contributed by atoms with E-state index in [1.165, 1.54) is 6.20 Å².